The zero-order chi connectivity index (χ0) is 24.1. The van der Waals surface area contributed by atoms with Crippen LogP contribution in [0.15, 0.2) is 36.4 Å². The van der Waals surface area contributed by atoms with Gasteiger partial charge in [-0.25, -0.2) is 8.42 Å². The Morgan fingerprint density at radius 2 is 1.69 bits per heavy atom. The van der Waals surface area contributed by atoms with Crippen molar-refractivity contribution in [1.29, 1.82) is 0 Å². The maximum Gasteiger partial charge on any atom is 0.232 e. The van der Waals surface area contributed by atoms with Crippen molar-refractivity contribution in [3.8, 4) is 5.75 Å². The Bertz CT molecular complexity index is 1030. The highest BCUT2D eigenvalue weighted by Crippen LogP contribution is 2.32. The minimum absolute atomic E-state index is 0.101. The van der Waals surface area contributed by atoms with Crippen LogP contribution in [-0.4, -0.2) is 34.2 Å². The first-order valence-corrected chi connectivity index (χ1v) is 12.8. The lowest BCUT2D eigenvalue weighted by Gasteiger charge is -2.23. The molecule has 176 valence electrons. The molecular formula is C25H36N2O4S. The second-order valence-corrected chi connectivity index (χ2v) is 10.6. The number of nitrogens with one attached hydrogen (secondary N) is 1. The number of aryl methyl sites for hydroxylation is 2. The molecule has 6 nitrogen and oxygen atoms in total. The molecule has 0 fully saturated rings. The number of methoxy groups -OCH3 is 1. The highest BCUT2D eigenvalue weighted by molar-refractivity contribution is 7.92. The predicted octanol–water partition coefficient (Wildman–Crippen LogP) is 4.86. The second kappa shape index (κ2) is 10.9. The van der Waals surface area contributed by atoms with Crippen molar-refractivity contribution in [3.05, 3.63) is 58.7 Å². The fourth-order valence-electron chi connectivity index (χ4n) is 3.78. The van der Waals surface area contributed by atoms with E-state index in [9.17, 15) is 13.2 Å². The molecule has 2 aromatic carbocycles. The van der Waals surface area contributed by atoms with E-state index >= 15 is 0 Å². The van der Waals surface area contributed by atoms with Gasteiger partial charge in [-0.3, -0.25) is 9.10 Å². The van der Waals surface area contributed by atoms with E-state index in [1.54, 1.807) is 19.2 Å². The van der Waals surface area contributed by atoms with Crippen LogP contribution in [0.25, 0.3) is 0 Å². The van der Waals surface area contributed by atoms with Crippen molar-refractivity contribution in [2.24, 2.45) is 0 Å². The molecule has 0 spiro atoms. The molecule has 7 heteroatoms. The molecule has 0 aliphatic rings. The van der Waals surface area contributed by atoms with Gasteiger partial charge in [0.15, 0.2) is 0 Å². The van der Waals surface area contributed by atoms with Crippen molar-refractivity contribution in [2.75, 3.05) is 24.2 Å². The summed E-state index contributed by atoms with van der Waals surface area (Å²) in [4.78, 5) is 12.6. The zero-order valence-corrected chi connectivity index (χ0v) is 21.0. The van der Waals surface area contributed by atoms with Gasteiger partial charge in [-0.2, -0.15) is 0 Å². The van der Waals surface area contributed by atoms with Crippen molar-refractivity contribution in [3.63, 3.8) is 0 Å². The average molecular weight is 461 g/mol. The largest absolute Gasteiger partial charge is 0.496 e. The zero-order valence-electron chi connectivity index (χ0n) is 20.2. The Kier molecular flexibility index (Phi) is 8.73. The van der Waals surface area contributed by atoms with Crippen LogP contribution in [0.2, 0.25) is 0 Å². The van der Waals surface area contributed by atoms with Crippen LogP contribution in [-0.2, 0) is 14.8 Å². The quantitative estimate of drug-likeness (QED) is 0.549. The van der Waals surface area contributed by atoms with Gasteiger partial charge < -0.3 is 10.1 Å². The lowest BCUT2D eigenvalue weighted by molar-refractivity contribution is -0.121. The van der Waals surface area contributed by atoms with Crippen molar-refractivity contribution in [1.82, 2.24) is 5.32 Å². The SMILES string of the molecule is COc1cc(C)c([C@H](C)NC(=O)CCCN(c2ccc(C)cc2)S(C)(=O)=O)cc1C(C)C. The van der Waals surface area contributed by atoms with Crippen LogP contribution < -0.4 is 14.4 Å². The third-order valence-electron chi connectivity index (χ3n) is 5.57. The monoisotopic (exact) mass is 460 g/mol. The Labute approximate surface area is 193 Å². The second-order valence-electron chi connectivity index (χ2n) is 8.67. The van der Waals surface area contributed by atoms with Crippen molar-refractivity contribution < 1.29 is 17.9 Å². The smallest absolute Gasteiger partial charge is 0.232 e. The standard InChI is InChI=1S/C25H36N2O4S/c1-17(2)22-16-23(19(4)15-24(22)31-6)20(5)26-25(28)9-8-14-27(32(7,29)30)21-12-10-18(3)11-13-21/h10-13,15-17,20H,8-9,14H2,1-7H3,(H,26,28)/t20-/m0/s1. The molecule has 1 atom stereocenters. The van der Waals surface area contributed by atoms with Gasteiger partial charge in [-0.05, 0) is 74.1 Å². The first-order valence-electron chi connectivity index (χ1n) is 11.0. The molecule has 32 heavy (non-hydrogen) atoms. The molecule has 0 saturated heterocycles. The van der Waals surface area contributed by atoms with Gasteiger partial charge in [0.25, 0.3) is 0 Å². The number of carbonyl (C=O) groups excluding carboxylic acids is 1. The number of anilines is 1. The number of rotatable bonds is 10. The van der Waals surface area contributed by atoms with Gasteiger partial charge in [0.1, 0.15) is 5.75 Å². The molecule has 2 rings (SSSR count). The van der Waals surface area contributed by atoms with E-state index in [1.165, 1.54) is 10.6 Å². The summed E-state index contributed by atoms with van der Waals surface area (Å²) >= 11 is 0. The third-order valence-corrected chi connectivity index (χ3v) is 6.77. The van der Waals surface area contributed by atoms with Crippen LogP contribution in [0.1, 0.15) is 67.8 Å². The van der Waals surface area contributed by atoms with Crippen LogP contribution in [0.4, 0.5) is 5.69 Å². The Morgan fingerprint density at radius 1 is 1.06 bits per heavy atom. The first-order chi connectivity index (χ1) is 14.9. The summed E-state index contributed by atoms with van der Waals surface area (Å²) in [5, 5.41) is 3.05. The van der Waals surface area contributed by atoms with Gasteiger partial charge in [0.2, 0.25) is 15.9 Å². The van der Waals surface area contributed by atoms with Gasteiger partial charge in [0.05, 0.1) is 25.1 Å². The molecule has 2 aromatic rings. The summed E-state index contributed by atoms with van der Waals surface area (Å²) in [6.45, 7) is 10.4. The number of carbonyl (C=O) groups is 1. The molecule has 0 aromatic heterocycles. The van der Waals surface area contributed by atoms with E-state index in [2.05, 4.69) is 25.2 Å². The fraction of sp³-hybridized carbons (Fsp3) is 0.480. The minimum Gasteiger partial charge on any atom is -0.496 e. The highest BCUT2D eigenvalue weighted by atomic mass is 32.2. The maximum absolute atomic E-state index is 12.6. The van der Waals surface area contributed by atoms with Crippen molar-refractivity contribution >= 4 is 21.6 Å². The van der Waals surface area contributed by atoms with Crippen molar-refractivity contribution in [2.45, 2.75) is 59.4 Å². The van der Waals surface area contributed by atoms with Crippen LogP contribution in [0.5, 0.6) is 5.75 Å². The summed E-state index contributed by atoms with van der Waals surface area (Å²) < 4.78 is 31.4. The summed E-state index contributed by atoms with van der Waals surface area (Å²) in [6, 6.07) is 11.3. The molecule has 0 heterocycles. The number of hydrogen-bond donors (Lipinski definition) is 1. The summed E-state index contributed by atoms with van der Waals surface area (Å²) in [5.41, 5.74) is 4.89. The lowest BCUT2D eigenvalue weighted by Crippen LogP contribution is -2.32. The van der Waals surface area contributed by atoms with Gasteiger partial charge in [-0.15, -0.1) is 0 Å². The molecule has 0 bridgehead atoms. The van der Waals surface area contributed by atoms with Gasteiger partial charge in [-0.1, -0.05) is 31.5 Å². The molecule has 0 unspecified atom stereocenters. The Morgan fingerprint density at radius 3 is 2.22 bits per heavy atom. The van der Waals surface area contributed by atoms with Crippen LogP contribution in [0.3, 0.4) is 0 Å². The van der Waals surface area contributed by atoms with Gasteiger partial charge in [0, 0.05) is 13.0 Å². The third kappa shape index (κ3) is 6.73. The van der Waals surface area contributed by atoms with Crippen LogP contribution in [0, 0.1) is 13.8 Å². The Hall–Kier alpha value is -2.54. The lowest BCUT2D eigenvalue weighted by atomic mass is 9.93. The van der Waals surface area contributed by atoms with Gasteiger partial charge >= 0.3 is 0 Å². The fourth-order valence-corrected chi connectivity index (χ4v) is 4.75. The molecular weight excluding hydrogens is 424 g/mol. The summed E-state index contributed by atoms with van der Waals surface area (Å²) in [6.07, 6.45) is 1.86. The molecule has 0 aliphatic carbocycles. The van der Waals surface area contributed by atoms with Crippen LogP contribution >= 0.6 is 0 Å². The first kappa shape index (κ1) is 25.7. The number of sulfonamides is 1. The number of benzene rings is 2. The van der Waals surface area contributed by atoms with E-state index in [4.69, 9.17) is 4.74 Å². The highest BCUT2D eigenvalue weighted by Gasteiger charge is 2.19. The molecule has 1 amide bonds. The number of hydrogen-bond acceptors (Lipinski definition) is 4. The van der Waals surface area contributed by atoms with E-state index in [1.807, 2.05) is 39.0 Å². The van der Waals surface area contributed by atoms with E-state index in [-0.39, 0.29) is 24.9 Å². The number of amides is 1. The number of ether oxygens (including phenoxy) is 1. The normalized spacial score (nSPS) is 12.5. The van der Waals surface area contributed by atoms with E-state index < -0.39 is 10.0 Å². The number of nitrogens with zero attached hydrogens (tertiary/aromatic N) is 1. The predicted molar refractivity (Wildman–Crippen MR) is 131 cm³/mol. The molecule has 0 radical (unpaired) electrons. The summed E-state index contributed by atoms with van der Waals surface area (Å²) in [5.74, 6) is 1.06. The maximum atomic E-state index is 12.6. The average Bonchev–Trinajstić information content (AvgIpc) is 2.70. The molecule has 0 aliphatic heterocycles. The minimum atomic E-state index is -3.43. The molecule has 1 N–H and O–H groups in total. The topological polar surface area (TPSA) is 75.7 Å². The van der Waals surface area contributed by atoms with E-state index in [0.717, 1.165) is 28.0 Å². The Balaban J connectivity index is 2.03. The van der Waals surface area contributed by atoms with E-state index in [0.29, 0.717) is 18.0 Å². The molecule has 0 saturated carbocycles. The summed E-state index contributed by atoms with van der Waals surface area (Å²) in [7, 11) is -1.76.